The van der Waals surface area contributed by atoms with E-state index in [0.29, 0.717) is 17.5 Å². The SMILES string of the molecule is c1ccc(-c2cccc(-c3nc(-c4ccccc4)nc(-c4ccc(-c5cccc6oc7ccccc7c56)c5oc6c(-n7c8ccccc8c8ccccc87)cccc6c45)n3)c2)cc1. The van der Waals surface area contributed by atoms with E-state index in [0.717, 1.165) is 99.5 Å². The van der Waals surface area contributed by atoms with Crippen molar-refractivity contribution in [3.63, 3.8) is 0 Å². The first-order valence-corrected chi connectivity index (χ1v) is 21.1. The molecule has 0 amide bonds. The summed E-state index contributed by atoms with van der Waals surface area (Å²) in [6.07, 6.45) is 0. The zero-order valence-corrected chi connectivity index (χ0v) is 33.7. The van der Waals surface area contributed by atoms with Crippen LogP contribution in [0.15, 0.2) is 215 Å². The Morgan fingerprint density at radius 3 is 1.65 bits per heavy atom. The molecule has 0 aliphatic rings. The van der Waals surface area contributed by atoms with Gasteiger partial charge in [-0.15, -0.1) is 0 Å². The van der Waals surface area contributed by atoms with Gasteiger partial charge < -0.3 is 13.4 Å². The minimum absolute atomic E-state index is 0.553. The maximum Gasteiger partial charge on any atom is 0.164 e. The van der Waals surface area contributed by atoms with Crippen molar-refractivity contribution in [2.75, 3.05) is 0 Å². The van der Waals surface area contributed by atoms with Crippen LogP contribution >= 0.6 is 0 Å². The molecule has 6 nitrogen and oxygen atoms in total. The van der Waals surface area contributed by atoms with Crippen LogP contribution in [0, 0.1) is 0 Å². The van der Waals surface area contributed by atoms with Crippen LogP contribution in [0.3, 0.4) is 0 Å². The number of benzene rings is 9. The van der Waals surface area contributed by atoms with Gasteiger partial charge >= 0.3 is 0 Å². The van der Waals surface area contributed by atoms with Gasteiger partial charge in [0, 0.05) is 54.6 Å². The van der Waals surface area contributed by atoms with Crippen LogP contribution in [0.1, 0.15) is 0 Å². The fraction of sp³-hybridized carbons (Fsp3) is 0. The molecule has 0 saturated carbocycles. The molecule has 0 aliphatic heterocycles. The summed E-state index contributed by atoms with van der Waals surface area (Å²) in [7, 11) is 0. The molecule has 0 atom stereocenters. The molecule has 9 aromatic carbocycles. The number of aromatic nitrogens is 4. The van der Waals surface area contributed by atoms with E-state index in [9.17, 15) is 0 Å². The van der Waals surface area contributed by atoms with Crippen LogP contribution in [0.4, 0.5) is 0 Å². The molecule has 13 rings (SSSR count). The molecule has 0 N–H and O–H groups in total. The lowest BCUT2D eigenvalue weighted by Crippen LogP contribution is -2.00. The van der Waals surface area contributed by atoms with E-state index in [2.05, 4.69) is 156 Å². The first-order valence-electron chi connectivity index (χ1n) is 21.1. The van der Waals surface area contributed by atoms with Gasteiger partial charge in [-0.05, 0) is 65.2 Å². The van der Waals surface area contributed by atoms with Crippen LogP contribution in [-0.4, -0.2) is 19.5 Å². The molecule has 0 aliphatic carbocycles. The standard InChI is InChI=1S/C57H34N4O2/c1-3-16-35(17-4-1)37-20-13-21-38(34-37)56-58-55(36-18-5-2-6-19-36)59-57(60-56)45-33-32-42(41-25-15-31-50-51(41)43-24-9-12-30-49(43)62-50)54-52(45)44-26-14-29-48(53(44)63-54)61-46-27-10-7-22-39(46)40-23-8-11-28-47(40)61/h1-34H. The highest BCUT2D eigenvalue weighted by molar-refractivity contribution is 6.21. The minimum Gasteiger partial charge on any atom is -0.456 e. The Morgan fingerprint density at radius 2 is 0.873 bits per heavy atom. The van der Waals surface area contributed by atoms with Crippen molar-refractivity contribution in [2.45, 2.75) is 0 Å². The molecule has 0 saturated heterocycles. The molecule has 0 unspecified atom stereocenters. The van der Waals surface area contributed by atoms with Crippen LogP contribution in [0.2, 0.25) is 0 Å². The number of nitrogens with zero attached hydrogens (tertiary/aromatic N) is 4. The molecule has 294 valence electrons. The van der Waals surface area contributed by atoms with Crippen molar-refractivity contribution in [3.8, 4) is 62.1 Å². The number of furan rings is 2. The van der Waals surface area contributed by atoms with Crippen molar-refractivity contribution in [3.05, 3.63) is 206 Å². The summed E-state index contributed by atoms with van der Waals surface area (Å²) >= 11 is 0. The molecule has 63 heavy (non-hydrogen) atoms. The number of fused-ring (bicyclic) bond motifs is 9. The van der Waals surface area contributed by atoms with Crippen LogP contribution in [0.5, 0.6) is 0 Å². The maximum atomic E-state index is 7.36. The van der Waals surface area contributed by atoms with Gasteiger partial charge in [-0.1, -0.05) is 158 Å². The van der Waals surface area contributed by atoms with Crippen LogP contribution < -0.4 is 0 Å². The fourth-order valence-corrected chi connectivity index (χ4v) is 9.45. The second kappa shape index (κ2) is 14.0. The highest BCUT2D eigenvalue weighted by Crippen LogP contribution is 2.47. The largest absolute Gasteiger partial charge is 0.456 e. The lowest BCUT2D eigenvalue weighted by Gasteiger charge is -2.12. The topological polar surface area (TPSA) is 69.9 Å². The zero-order valence-electron chi connectivity index (χ0n) is 33.7. The Morgan fingerprint density at radius 1 is 0.317 bits per heavy atom. The molecule has 0 radical (unpaired) electrons. The summed E-state index contributed by atoms with van der Waals surface area (Å²) in [4.78, 5) is 15.7. The quantitative estimate of drug-likeness (QED) is 0.167. The highest BCUT2D eigenvalue weighted by atomic mass is 16.3. The summed E-state index contributed by atoms with van der Waals surface area (Å²) in [6, 6.07) is 71.3. The third kappa shape index (κ3) is 5.55. The summed E-state index contributed by atoms with van der Waals surface area (Å²) in [5.41, 5.74) is 13.1. The average molecular weight is 807 g/mol. The number of hydrogen-bond acceptors (Lipinski definition) is 5. The Hall–Kier alpha value is -8.61. The van der Waals surface area contributed by atoms with Gasteiger partial charge in [0.15, 0.2) is 23.1 Å². The monoisotopic (exact) mass is 806 g/mol. The van der Waals surface area contributed by atoms with Crippen molar-refractivity contribution in [2.24, 2.45) is 0 Å². The molecule has 0 spiro atoms. The lowest BCUT2D eigenvalue weighted by molar-refractivity contribution is 0.667. The van der Waals surface area contributed by atoms with E-state index in [1.54, 1.807) is 0 Å². The molecule has 6 heteroatoms. The summed E-state index contributed by atoms with van der Waals surface area (Å²) < 4.78 is 16.1. The Bertz CT molecular complexity index is 3870. The highest BCUT2D eigenvalue weighted by Gasteiger charge is 2.25. The van der Waals surface area contributed by atoms with Gasteiger partial charge in [-0.3, -0.25) is 0 Å². The van der Waals surface area contributed by atoms with Gasteiger partial charge in [0.05, 0.1) is 16.7 Å². The zero-order chi connectivity index (χ0) is 41.4. The lowest BCUT2D eigenvalue weighted by atomic mass is 9.95. The maximum absolute atomic E-state index is 7.36. The van der Waals surface area contributed by atoms with Crippen molar-refractivity contribution >= 4 is 65.7 Å². The van der Waals surface area contributed by atoms with E-state index >= 15 is 0 Å². The van der Waals surface area contributed by atoms with Gasteiger partial charge in [0.25, 0.3) is 0 Å². The smallest absolute Gasteiger partial charge is 0.164 e. The number of rotatable bonds is 6. The molecule has 13 aromatic rings. The van der Waals surface area contributed by atoms with Crippen molar-refractivity contribution in [1.29, 1.82) is 0 Å². The fourth-order valence-electron chi connectivity index (χ4n) is 9.45. The van der Waals surface area contributed by atoms with E-state index < -0.39 is 0 Å². The Kier molecular flexibility index (Phi) is 7.80. The number of para-hydroxylation sites is 4. The van der Waals surface area contributed by atoms with Crippen LogP contribution in [0.25, 0.3) is 128 Å². The number of hydrogen-bond donors (Lipinski definition) is 0. The van der Waals surface area contributed by atoms with E-state index in [4.69, 9.17) is 23.8 Å². The summed E-state index contributed by atoms with van der Waals surface area (Å²) in [5, 5.41) is 6.34. The molecular weight excluding hydrogens is 773 g/mol. The molecule has 4 heterocycles. The third-order valence-electron chi connectivity index (χ3n) is 12.3. The molecule has 4 aromatic heterocycles. The first-order chi connectivity index (χ1) is 31.2. The second-order valence-electron chi connectivity index (χ2n) is 15.9. The van der Waals surface area contributed by atoms with E-state index in [1.807, 2.05) is 54.6 Å². The summed E-state index contributed by atoms with van der Waals surface area (Å²) in [6.45, 7) is 0. The van der Waals surface area contributed by atoms with E-state index in [1.165, 1.54) is 10.8 Å². The average Bonchev–Trinajstić information content (AvgIpc) is 4.05. The van der Waals surface area contributed by atoms with Gasteiger partial charge in [-0.2, -0.15) is 0 Å². The predicted octanol–water partition coefficient (Wildman–Crippen LogP) is 15.1. The molecule has 0 bridgehead atoms. The summed E-state index contributed by atoms with van der Waals surface area (Å²) in [5.74, 6) is 1.73. The molecular formula is C57H34N4O2. The second-order valence-corrected chi connectivity index (χ2v) is 15.9. The first kappa shape index (κ1) is 35.2. The van der Waals surface area contributed by atoms with Crippen LogP contribution in [-0.2, 0) is 0 Å². The minimum atomic E-state index is 0.553. The normalized spacial score (nSPS) is 11.8. The van der Waals surface area contributed by atoms with Crippen molar-refractivity contribution in [1.82, 2.24) is 19.5 Å². The van der Waals surface area contributed by atoms with Gasteiger partial charge in [0.2, 0.25) is 0 Å². The van der Waals surface area contributed by atoms with E-state index in [-0.39, 0.29) is 0 Å². The molecule has 0 fully saturated rings. The Balaban J connectivity index is 1.12. The Labute approximate surface area is 361 Å². The van der Waals surface area contributed by atoms with Gasteiger partial charge in [-0.25, -0.2) is 15.0 Å². The third-order valence-corrected chi connectivity index (χ3v) is 12.3. The van der Waals surface area contributed by atoms with Crippen molar-refractivity contribution < 1.29 is 8.83 Å². The van der Waals surface area contributed by atoms with Gasteiger partial charge in [0.1, 0.15) is 16.7 Å². The predicted molar refractivity (Wildman–Crippen MR) is 256 cm³/mol.